The lowest BCUT2D eigenvalue weighted by molar-refractivity contribution is -0.153. The lowest BCUT2D eigenvalue weighted by Crippen LogP contribution is -2.59. The first kappa shape index (κ1) is 17.4. The molecule has 1 aliphatic heterocycles. The number of anilines is 1. The molecule has 1 atom stereocenters. The van der Waals surface area contributed by atoms with Gasteiger partial charge in [-0.25, -0.2) is 4.79 Å². The number of nitrogens with zero attached hydrogens (tertiary/aromatic N) is 3. The number of carboxylic acid groups (broad SMARTS) is 1. The lowest BCUT2D eigenvalue weighted by Gasteiger charge is -2.46. The predicted octanol–water partition coefficient (Wildman–Crippen LogP) is 1.53. The maximum atomic E-state index is 12.3. The third-order valence-corrected chi connectivity index (χ3v) is 4.96. The Morgan fingerprint density at radius 3 is 2.28 bits per heavy atom. The molecule has 0 radical (unpaired) electrons. The summed E-state index contributed by atoms with van der Waals surface area (Å²) >= 11 is 0. The molecule has 0 saturated carbocycles. The Kier molecular flexibility index (Phi) is 5.31. The quantitative estimate of drug-likeness (QED) is 0.830. The number of hydrogen-bond acceptors (Lipinski definition) is 5. The van der Waals surface area contributed by atoms with Gasteiger partial charge in [-0.1, -0.05) is 30.3 Å². The Balaban J connectivity index is 1.85. The number of carboxylic acids is 1. The van der Waals surface area contributed by atoms with Crippen LogP contribution in [0.1, 0.15) is 12.0 Å². The molecule has 0 aliphatic carbocycles. The summed E-state index contributed by atoms with van der Waals surface area (Å²) in [5, 5.41) is 10.1. The number of aliphatic carboxylic acids is 1. The van der Waals surface area contributed by atoms with Gasteiger partial charge in [-0.15, -0.1) is 0 Å². The maximum Gasteiger partial charge on any atom is 0.328 e. The van der Waals surface area contributed by atoms with Crippen molar-refractivity contribution in [1.82, 2.24) is 9.88 Å². The monoisotopic (exact) mass is 340 g/mol. The van der Waals surface area contributed by atoms with Crippen LogP contribution in [0, 0.1) is 0 Å². The molecular formula is C19H24N4O2. The second-order valence-corrected chi connectivity index (χ2v) is 6.25. The minimum Gasteiger partial charge on any atom is -0.480 e. The molecule has 1 saturated heterocycles. The van der Waals surface area contributed by atoms with Crippen molar-refractivity contribution >= 4 is 11.7 Å². The van der Waals surface area contributed by atoms with Gasteiger partial charge in [0.05, 0.1) is 0 Å². The van der Waals surface area contributed by atoms with Crippen molar-refractivity contribution < 1.29 is 9.90 Å². The Morgan fingerprint density at radius 2 is 1.72 bits per heavy atom. The summed E-state index contributed by atoms with van der Waals surface area (Å²) in [6, 6.07) is 13.4. The average Bonchev–Trinajstić information content (AvgIpc) is 2.67. The molecule has 0 bridgehead atoms. The average molecular weight is 340 g/mol. The first-order chi connectivity index (χ1) is 12.2. The number of carbonyl (C=O) groups is 1. The SMILES string of the molecule is NCCC(C(=O)O)(c1ccccc1)N1CCN(c2ccncc2)CC1. The first-order valence-electron chi connectivity index (χ1n) is 8.57. The summed E-state index contributed by atoms with van der Waals surface area (Å²) < 4.78 is 0. The van der Waals surface area contributed by atoms with E-state index in [9.17, 15) is 9.90 Å². The van der Waals surface area contributed by atoms with Crippen molar-refractivity contribution in [3.05, 3.63) is 60.4 Å². The minimum absolute atomic E-state index is 0.325. The standard InChI is InChI=1S/C19H24N4O2/c20-9-8-19(18(24)25,16-4-2-1-3-5-16)23-14-12-22(13-15-23)17-6-10-21-11-7-17/h1-7,10-11H,8-9,12-15,20H2,(H,24,25). The van der Waals surface area contributed by atoms with E-state index in [1.165, 1.54) is 0 Å². The van der Waals surface area contributed by atoms with Crippen LogP contribution in [0.2, 0.25) is 0 Å². The molecule has 0 spiro atoms. The number of rotatable bonds is 6. The van der Waals surface area contributed by atoms with Gasteiger partial charge in [0.25, 0.3) is 0 Å². The number of pyridine rings is 1. The third-order valence-electron chi connectivity index (χ3n) is 4.96. The molecule has 2 heterocycles. The summed E-state index contributed by atoms with van der Waals surface area (Å²) in [6.07, 6.45) is 3.95. The van der Waals surface area contributed by atoms with Crippen molar-refractivity contribution in [2.75, 3.05) is 37.6 Å². The number of nitrogens with two attached hydrogens (primary N) is 1. The molecule has 1 fully saturated rings. The molecule has 0 amide bonds. The van der Waals surface area contributed by atoms with Crippen LogP contribution < -0.4 is 10.6 Å². The molecule has 132 valence electrons. The van der Waals surface area contributed by atoms with Gasteiger partial charge < -0.3 is 15.7 Å². The molecule has 6 heteroatoms. The Hall–Kier alpha value is -2.44. The van der Waals surface area contributed by atoms with Gasteiger partial charge in [0.2, 0.25) is 0 Å². The number of aromatic nitrogens is 1. The van der Waals surface area contributed by atoms with Gasteiger partial charge >= 0.3 is 5.97 Å². The molecule has 6 nitrogen and oxygen atoms in total. The number of benzene rings is 1. The van der Waals surface area contributed by atoms with Crippen LogP contribution >= 0.6 is 0 Å². The van der Waals surface area contributed by atoms with E-state index in [1.807, 2.05) is 42.5 Å². The van der Waals surface area contributed by atoms with E-state index in [-0.39, 0.29) is 0 Å². The first-order valence-corrected chi connectivity index (χ1v) is 8.57. The van der Waals surface area contributed by atoms with E-state index >= 15 is 0 Å². The second kappa shape index (κ2) is 7.63. The van der Waals surface area contributed by atoms with Crippen molar-refractivity contribution in [2.24, 2.45) is 5.73 Å². The van der Waals surface area contributed by atoms with Crippen molar-refractivity contribution in [1.29, 1.82) is 0 Å². The van der Waals surface area contributed by atoms with Crippen LogP contribution in [-0.2, 0) is 10.3 Å². The summed E-state index contributed by atoms with van der Waals surface area (Å²) in [4.78, 5) is 20.7. The predicted molar refractivity (Wildman–Crippen MR) is 97.5 cm³/mol. The molecule has 25 heavy (non-hydrogen) atoms. The Bertz CT molecular complexity index is 687. The summed E-state index contributed by atoms with van der Waals surface area (Å²) in [6.45, 7) is 3.21. The molecule has 1 unspecified atom stereocenters. The molecule has 3 rings (SSSR count). The maximum absolute atomic E-state index is 12.3. The van der Waals surface area contributed by atoms with Crippen molar-refractivity contribution in [2.45, 2.75) is 12.0 Å². The third kappa shape index (κ3) is 3.36. The van der Waals surface area contributed by atoms with Gasteiger partial charge in [-0.05, 0) is 30.7 Å². The van der Waals surface area contributed by atoms with Gasteiger partial charge in [-0.2, -0.15) is 0 Å². The van der Waals surface area contributed by atoms with Crippen molar-refractivity contribution in [3.8, 4) is 0 Å². The topological polar surface area (TPSA) is 82.7 Å². The molecule has 1 aromatic carbocycles. The fourth-order valence-corrected chi connectivity index (χ4v) is 3.67. The van der Waals surface area contributed by atoms with Gasteiger partial charge in [0.1, 0.15) is 5.54 Å². The van der Waals surface area contributed by atoms with Gasteiger partial charge in [0.15, 0.2) is 0 Å². The molecular weight excluding hydrogens is 316 g/mol. The minimum atomic E-state index is -1.07. The Labute approximate surface area is 147 Å². The van der Waals surface area contributed by atoms with Crippen molar-refractivity contribution in [3.63, 3.8) is 0 Å². The van der Waals surface area contributed by atoms with Gasteiger partial charge in [0, 0.05) is 44.3 Å². The molecule has 1 aliphatic rings. The number of piperazine rings is 1. The van der Waals surface area contributed by atoms with Gasteiger partial charge in [-0.3, -0.25) is 9.88 Å². The Morgan fingerprint density at radius 1 is 1.08 bits per heavy atom. The largest absolute Gasteiger partial charge is 0.480 e. The smallest absolute Gasteiger partial charge is 0.328 e. The second-order valence-electron chi connectivity index (χ2n) is 6.25. The van der Waals surface area contributed by atoms with E-state index in [0.717, 1.165) is 24.3 Å². The summed E-state index contributed by atoms with van der Waals surface area (Å²) in [7, 11) is 0. The zero-order valence-electron chi connectivity index (χ0n) is 14.2. The van der Waals surface area contributed by atoms with Crippen LogP contribution in [0.3, 0.4) is 0 Å². The summed E-state index contributed by atoms with van der Waals surface area (Å²) in [5.74, 6) is -0.832. The molecule has 1 aromatic heterocycles. The normalized spacial score (nSPS) is 17.9. The fraction of sp³-hybridized carbons (Fsp3) is 0.368. The molecule has 2 aromatic rings. The van der Waals surface area contributed by atoms with E-state index < -0.39 is 11.5 Å². The van der Waals surface area contributed by atoms with E-state index in [2.05, 4.69) is 14.8 Å². The van der Waals surface area contributed by atoms with Crippen LogP contribution in [-0.4, -0.2) is 53.7 Å². The van der Waals surface area contributed by atoms with Crippen LogP contribution in [0.15, 0.2) is 54.9 Å². The van der Waals surface area contributed by atoms with Crippen LogP contribution in [0.5, 0.6) is 0 Å². The fourth-order valence-electron chi connectivity index (χ4n) is 3.67. The summed E-state index contributed by atoms with van der Waals surface area (Å²) in [5.41, 5.74) is 6.65. The highest BCUT2D eigenvalue weighted by atomic mass is 16.4. The zero-order valence-corrected chi connectivity index (χ0v) is 14.2. The zero-order chi connectivity index (χ0) is 17.7. The van der Waals surface area contributed by atoms with E-state index in [1.54, 1.807) is 12.4 Å². The number of hydrogen-bond donors (Lipinski definition) is 2. The highest BCUT2D eigenvalue weighted by Gasteiger charge is 2.46. The van der Waals surface area contributed by atoms with Crippen LogP contribution in [0.4, 0.5) is 5.69 Å². The molecule has 3 N–H and O–H groups in total. The lowest BCUT2D eigenvalue weighted by atomic mass is 9.84. The van der Waals surface area contributed by atoms with Crippen LogP contribution in [0.25, 0.3) is 0 Å². The van der Waals surface area contributed by atoms with E-state index in [4.69, 9.17) is 5.73 Å². The highest BCUT2D eigenvalue weighted by Crippen LogP contribution is 2.34. The highest BCUT2D eigenvalue weighted by molar-refractivity contribution is 5.81. The van der Waals surface area contributed by atoms with E-state index in [0.29, 0.717) is 26.1 Å².